The van der Waals surface area contributed by atoms with Gasteiger partial charge in [-0.1, -0.05) is 37.6 Å². The Morgan fingerprint density at radius 2 is 1.94 bits per heavy atom. The molecule has 1 aromatic carbocycles. The van der Waals surface area contributed by atoms with E-state index in [1.165, 1.54) is 5.56 Å². The van der Waals surface area contributed by atoms with E-state index in [9.17, 15) is 0 Å². The fourth-order valence-corrected chi connectivity index (χ4v) is 1.55. The van der Waals surface area contributed by atoms with E-state index in [0.717, 1.165) is 24.5 Å². The normalized spacial score (nSPS) is 12.7. The van der Waals surface area contributed by atoms with Crippen LogP contribution in [0.2, 0.25) is 5.02 Å². The predicted octanol–water partition coefficient (Wildman–Crippen LogP) is 3.24. The van der Waals surface area contributed by atoms with E-state index >= 15 is 0 Å². The number of nitrogens with one attached hydrogen (secondary N) is 1. The Balaban J connectivity index is 2.34. The maximum Gasteiger partial charge on any atom is 0.0721 e. The Hall–Kier alpha value is -0.570. The van der Waals surface area contributed by atoms with Crippen molar-refractivity contribution in [3.05, 3.63) is 34.9 Å². The zero-order valence-corrected chi connectivity index (χ0v) is 10.8. The summed E-state index contributed by atoms with van der Waals surface area (Å²) < 4.78 is 5.81. The highest BCUT2D eigenvalue weighted by Crippen LogP contribution is 2.11. The molecule has 16 heavy (non-hydrogen) atoms. The number of benzene rings is 1. The molecule has 90 valence electrons. The number of likely N-dealkylation sites (N-methyl/N-ethyl adjacent to an activating group) is 1. The molecular weight excluding hydrogens is 222 g/mol. The van der Waals surface area contributed by atoms with Crippen LogP contribution >= 0.6 is 11.6 Å². The molecule has 0 bridgehead atoms. The van der Waals surface area contributed by atoms with Crippen molar-refractivity contribution in [3.63, 3.8) is 0 Å². The van der Waals surface area contributed by atoms with Crippen LogP contribution < -0.4 is 5.32 Å². The summed E-state index contributed by atoms with van der Waals surface area (Å²) in [6.45, 7) is 6.80. The van der Waals surface area contributed by atoms with Crippen LogP contribution in [0.25, 0.3) is 0 Å². The molecule has 0 aliphatic rings. The third-order valence-electron chi connectivity index (χ3n) is 2.48. The summed E-state index contributed by atoms with van der Waals surface area (Å²) in [6, 6.07) is 7.79. The van der Waals surface area contributed by atoms with Crippen LogP contribution in [0.1, 0.15) is 25.8 Å². The van der Waals surface area contributed by atoms with Gasteiger partial charge < -0.3 is 10.1 Å². The minimum atomic E-state index is 0.288. The molecular formula is C13H20ClNO. The molecule has 1 atom stereocenters. The van der Waals surface area contributed by atoms with Gasteiger partial charge >= 0.3 is 0 Å². The van der Waals surface area contributed by atoms with E-state index in [1.807, 2.05) is 24.3 Å². The second kappa shape index (κ2) is 7.66. The van der Waals surface area contributed by atoms with Crippen molar-refractivity contribution in [3.8, 4) is 0 Å². The fourth-order valence-electron chi connectivity index (χ4n) is 1.42. The molecule has 0 heterocycles. The second-order valence-corrected chi connectivity index (χ2v) is 4.21. The summed E-state index contributed by atoms with van der Waals surface area (Å²) >= 11 is 5.82. The fraction of sp³-hybridized carbons (Fsp3) is 0.538. The van der Waals surface area contributed by atoms with Gasteiger partial charge in [-0.3, -0.25) is 0 Å². The molecule has 3 heteroatoms. The zero-order chi connectivity index (χ0) is 11.8. The molecule has 2 nitrogen and oxygen atoms in total. The number of halogens is 1. The van der Waals surface area contributed by atoms with Gasteiger partial charge in [-0.15, -0.1) is 0 Å². The lowest BCUT2D eigenvalue weighted by molar-refractivity contribution is 0.0388. The van der Waals surface area contributed by atoms with Crippen molar-refractivity contribution in [1.29, 1.82) is 0 Å². The van der Waals surface area contributed by atoms with Gasteiger partial charge in [0.2, 0.25) is 0 Å². The first kappa shape index (κ1) is 13.5. The highest BCUT2D eigenvalue weighted by molar-refractivity contribution is 6.30. The molecule has 1 aromatic rings. The Morgan fingerprint density at radius 1 is 1.25 bits per heavy atom. The minimum absolute atomic E-state index is 0.288. The number of rotatable bonds is 7. The van der Waals surface area contributed by atoms with E-state index in [4.69, 9.17) is 16.3 Å². The summed E-state index contributed by atoms with van der Waals surface area (Å²) in [5.74, 6) is 0. The van der Waals surface area contributed by atoms with Crippen LogP contribution in [0.15, 0.2) is 24.3 Å². The molecule has 0 spiro atoms. The van der Waals surface area contributed by atoms with Gasteiger partial charge in [0.25, 0.3) is 0 Å². The highest BCUT2D eigenvalue weighted by atomic mass is 35.5. The molecule has 1 rings (SSSR count). The molecule has 0 saturated carbocycles. The van der Waals surface area contributed by atoms with Crippen molar-refractivity contribution >= 4 is 11.6 Å². The molecule has 0 aliphatic heterocycles. The molecule has 0 fully saturated rings. The van der Waals surface area contributed by atoms with E-state index in [1.54, 1.807) is 0 Å². The average Bonchev–Trinajstić information content (AvgIpc) is 2.32. The van der Waals surface area contributed by atoms with Crippen LogP contribution in [0, 0.1) is 0 Å². The van der Waals surface area contributed by atoms with Gasteiger partial charge in [0.1, 0.15) is 0 Å². The van der Waals surface area contributed by atoms with Gasteiger partial charge in [-0.2, -0.15) is 0 Å². The standard InChI is InChI=1S/C13H20ClNO/c1-3-13(9-15-4-2)16-10-11-5-7-12(14)8-6-11/h5-8,13,15H,3-4,9-10H2,1-2H3. The first-order valence-corrected chi connectivity index (χ1v) is 6.20. The summed E-state index contributed by atoms with van der Waals surface area (Å²) in [4.78, 5) is 0. The molecule has 1 N–H and O–H groups in total. The summed E-state index contributed by atoms with van der Waals surface area (Å²) in [7, 11) is 0. The van der Waals surface area contributed by atoms with Crippen LogP contribution in [-0.2, 0) is 11.3 Å². The third kappa shape index (κ3) is 4.97. The Morgan fingerprint density at radius 3 is 2.50 bits per heavy atom. The van der Waals surface area contributed by atoms with E-state index < -0.39 is 0 Å². The predicted molar refractivity (Wildman–Crippen MR) is 68.9 cm³/mol. The van der Waals surface area contributed by atoms with Crippen molar-refractivity contribution in [1.82, 2.24) is 5.32 Å². The topological polar surface area (TPSA) is 21.3 Å². The number of hydrogen-bond acceptors (Lipinski definition) is 2. The molecule has 0 aliphatic carbocycles. The molecule has 0 amide bonds. The summed E-state index contributed by atoms with van der Waals surface area (Å²) in [5.41, 5.74) is 1.17. The van der Waals surface area contributed by atoms with Crippen molar-refractivity contribution in [2.24, 2.45) is 0 Å². The Labute approximate surface area is 103 Å². The lowest BCUT2D eigenvalue weighted by Crippen LogP contribution is -2.28. The number of hydrogen-bond donors (Lipinski definition) is 1. The number of ether oxygens (including phenoxy) is 1. The van der Waals surface area contributed by atoms with Crippen LogP contribution in [0.4, 0.5) is 0 Å². The van der Waals surface area contributed by atoms with Crippen LogP contribution in [-0.4, -0.2) is 19.2 Å². The minimum Gasteiger partial charge on any atom is -0.372 e. The largest absolute Gasteiger partial charge is 0.372 e. The second-order valence-electron chi connectivity index (χ2n) is 3.78. The van der Waals surface area contributed by atoms with E-state index in [0.29, 0.717) is 6.61 Å². The van der Waals surface area contributed by atoms with Gasteiger partial charge in [0, 0.05) is 11.6 Å². The summed E-state index contributed by atoms with van der Waals surface area (Å²) in [6.07, 6.45) is 1.32. The quantitative estimate of drug-likeness (QED) is 0.791. The third-order valence-corrected chi connectivity index (χ3v) is 2.73. The SMILES string of the molecule is CCNCC(CC)OCc1ccc(Cl)cc1. The monoisotopic (exact) mass is 241 g/mol. The smallest absolute Gasteiger partial charge is 0.0721 e. The Kier molecular flexibility index (Phi) is 6.46. The van der Waals surface area contributed by atoms with E-state index in [-0.39, 0.29) is 6.10 Å². The Bertz CT molecular complexity index is 286. The molecule has 1 unspecified atom stereocenters. The highest BCUT2D eigenvalue weighted by Gasteiger charge is 2.05. The molecule has 0 radical (unpaired) electrons. The lowest BCUT2D eigenvalue weighted by Gasteiger charge is -2.16. The van der Waals surface area contributed by atoms with E-state index in [2.05, 4.69) is 19.2 Å². The molecule has 0 aromatic heterocycles. The van der Waals surface area contributed by atoms with Crippen LogP contribution in [0.3, 0.4) is 0 Å². The first-order chi connectivity index (χ1) is 7.76. The molecule has 0 saturated heterocycles. The van der Waals surface area contributed by atoms with Crippen molar-refractivity contribution < 1.29 is 4.74 Å². The lowest BCUT2D eigenvalue weighted by atomic mass is 10.2. The van der Waals surface area contributed by atoms with Gasteiger partial charge in [0.05, 0.1) is 12.7 Å². The van der Waals surface area contributed by atoms with Crippen LogP contribution in [0.5, 0.6) is 0 Å². The van der Waals surface area contributed by atoms with Crippen molar-refractivity contribution in [2.45, 2.75) is 33.0 Å². The first-order valence-electron chi connectivity index (χ1n) is 5.83. The van der Waals surface area contributed by atoms with Crippen molar-refractivity contribution in [2.75, 3.05) is 13.1 Å². The van der Waals surface area contributed by atoms with Gasteiger partial charge in [-0.05, 0) is 30.7 Å². The zero-order valence-electron chi connectivity index (χ0n) is 10.0. The summed E-state index contributed by atoms with van der Waals surface area (Å²) in [5, 5.41) is 4.07. The maximum atomic E-state index is 5.82. The maximum absolute atomic E-state index is 5.82. The van der Waals surface area contributed by atoms with Gasteiger partial charge in [-0.25, -0.2) is 0 Å². The van der Waals surface area contributed by atoms with Gasteiger partial charge in [0.15, 0.2) is 0 Å². The average molecular weight is 242 g/mol.